The molecule has 0 heterocycles. The average Bonchev–Trinajstić information content (AvgIpc) is 2.25. The van der Waals surface area contributed by atoms with Gasteiger partial charge in [-0.2, -0.15) is 13.2 Å². The van der Waals surface area contributed by atoms with Gasteiger partial charge in [0.2, 0.25) is 0 Å². The average molecular weight is 452 g/mol. The number of nitrogens with zero attached hydrogens (tertiary/aromatic N) is 2. The number of alkyl halides is 3. The summed E-state index contributed by atoms with van der Waals surface area (Å²) in [6, 6.07) is 3.97. The molecule has 0 bridgehead atoms. The van der Waals surface area contributed by atoms with Gasteiger partial charge in [-0.25, -0.2) is 4.99 Å². The van der Waals surface area contributed by atoms with Crippen molar-refractivity contribution in [3.8, 4) is 0 Å². The van der Waals surface area contributed by atoms with E-state index in [1.807, 2.05) is 0 Å². The van der Waals surface area contributed by atoms with Gasteiger partial charge < -0.3 is 10.6 Å². The molecule has 2 N–H and O–H groups in total. The van der Waals surface area contributed by atoms with Crippen LogP contribution in [0.3, 0.4) is 0 Å². The van der Waals surface area contributed by atoms with Crippen molar-refractivity contribution in [1.29, 1.82) is 0 Å². The maximum atomic E-state index is 12.8. The van der Waals surface area contributed by atoms with E-state index in [-0.39, 0.29) is 42.0 Å². The van der Waals surface area contributed by atoms with Crippen molar-refractivity contribution in [3.63, 3.8) is 0 Å². The van der Waals surface area contributed by atoms with Crippen molar-refractivity contribution in [2.75, 3.05) is 14.1 Å². The van der Waals surface area contributed by atoms with E-state index in [1.165, 1.54) is 11.0 Å². The molecule has 0 amide bonds. The molecule has 1 aromatic rings. The van der Waals surface area contributed by atoms with Gasteiger partial charge in [0.15, 0.2) is 5.96 Å². The van der Waals surface area contributed by atoms with Gasteiger partial charge >= 0.3 is 6.18 Å². The summed E-state index contributed by atoms with van der Waals surface area (Å²) >= 11 is 3.02. The van der Waals surface area contributed by atoms with Crippen LogP contribution in [0.5, 0.6) is 0 Å². The van der Waals surface area contributed by atoms with Crippen molar-refractivity contribution in [3.05, 3.63) is 33.8 Å². The predicted octanol–water partition coefficient (Wildman–Crippen LogP) is 3.46. The van der Waals surface area contributed by atoms with Crippen LogP contribution in [0, 0.1) is 0 Å². The summed E-state index contributed by atoms with van der Waals surface area (Å²) in [4.78, 5) is 5.44. The summed E-state index contributed by atoms with van der Waals surface area (Å²) in [6.45, 7) is -0.105. The number of nitrogens with two attached hydrogens (primary N) is 1. The van der Waals surface area contributed by atoms with Crippen molar-refractivity contribution in [1.82, 2.24) is 4.90 Å². The zero-order valence-electron chi connectivity index (χ0n) is 10.3. The van der Waals surface area contributed by atoms with Gasteiger partial charge in [-0.1, -0.05) is 22.0 Å². The fourth-order valence-electron chi connectivity index (χ4n) is 1.26. The SMILES string of the molecule is CN(C)C(N)=NCc1ccc(Br)cc1C(F)(F)F.I. The molecule has 0 aromatic heterocycles. The molecular formula is C11H14BrF3IN3. The number of rotatable bonds is 2. The van der Waals surface area contributed by atoms with Crippen molar-refractivity contribution in [2.45, 2.75) is 12.7 Å². The molecule has 0 aliphatic heterocycles. The second-order valence-electron chi connectivity index (χ2n) is 3.87. The normalized spacial score (nSPS) is 12.0. The van der Waals surface area contributed by atoms with E-state index in [0.29, 0.717) is 4.47 Å². The number of guanidine groups is 1. The van der Waals surface area contributed by atoms with Crippen molar-refractivity contribution in [2.24, 2.45) is 10.7 Å². The fourth-order valence-corrected chi connectivity index (χ4v) is 1.62. The van der Waals surface area contributed by atoms with Crippen molar-refractivity contribution < 1.29 is 13.2 Å². The Kier molecular flexibility index (Phi) is 7.12. The molecule has 3 nitrogen and oxygen atoms in total. The van der Waals surface area contributed by atoms with Crippen LogP contribution in [0.15, 0.2) is 27.7 Å². The summed E-state index contributed by atoms with van der Waals surface area (Å²) < 4.78 is 38.8. The van der Waals surface area contributed by atoms with Gasteiger partial charge in [0, 0.05) is 18.6 Å². The summed E-state index contributed by atoms with van der Waals surface area (Å²) in [5.74, 6) is 0.186. The minimum absolute atomic E-state index is 0. The molecule has 0 atom stereocenters. The molecule has 108 valence electrons. The minimum atomic E-state index is -4.40. The smallest absolute Gasteiger partial charge is 0.370 e. The number of hydrogen-bond donors (Lipinski definition) is 1. The van der Waals surface area contributed by atoms with Crippen LogP contribution in [-0.4, -0.2) is 25.0 Å². The van der Waals surface area contributed by atoms with E-state index in [1.54, 1.807) is 20.2 Å². The summed E-state index contributed by atoms with van der Waals surface area (Å²) in [5.41, 5.74) is 4.93. The molecule has 0 saturated carbocycles. The first-order valence-corrected chi connectivity index (χ1v) is 5.84. The number of benzene rings is 1. The van der Waals surface area contributed by atoms with Gasteiger partial charge in [0.25, 0.3) is 0 Å². The van der Waals surface area contributed by atoms with Gasteiger partial charge in [-0.05, 0) is 17.7 Å². The molecule has 0 fully saturated rings. The standard InChI is InChI=1S/C11H13BrF3N3.HI/c1-18(2)10(16)17-6-7-3-4-8(12)5-9(7)11(13,14)15;/h3-5H,6H2,1-2H3,(H2,16,17);1H. The third-order valence-electron chi connectivity index (χ3n) is 2.25. The number of halogens is 5. The molecule has 0 unspecified atom stereocenters. The predicted molar refractivity (Wildman–Crippen MR) is 83.6 cm³/mol. The summed E-state index contributed by atoms with van der Waals surface area (Å²) in [6.07, 6.45) is -4.40. The maximum Gasteiger partial charge on any atom is 0.416 e. The maximum absolute atomic E-state index is 12.8. The quantitative estimate of drug-likeness (QED) is 0.425. The van der Waals surface area contributed by atoms with Gasteiger partial charge in [0.1, 0.15) is 0 Å². The van der Waals surface area contributed by atoms with Crippen LogP contribution in [-0.2, 0) is 12.7 Å². The third kappa shape index (κ3) is 5.55. The zero-order valence-corrected chi connectivity index (χ0v) is 14.2. The van der Waals surface area contributed by atoms with Gasteiger partial charge in [-0.15, -0.1) is 24.0 Å². The molecule has 19 heavy (non-hydrogen) atoms. The van der Waals surface area contributed by atoms with Crippen LogP contribution in [0.4, 0.5) is 13.2 Å². The molecule has 0 aliphatic rings. The van der Waals surface area contributed by atoms with E-state index in [9.17, 15) is 13.2 Å². The van der Waals surface area contributed by atoms with Crippen LogP contribution < -0.4 is 5.73 Å². The molecule has 8 heteroatoms. The second kappa shape index (κ2) is 7.32. The Balaban J connectivity index is 0.00000324. The summed E-state index contributed by atoms with van der Waals surface area (Å²) in [7, 11) is 3.34. The molecule has 1 rings (SSSR count). The lowest BCUT2D eigenvalue weighted by Crippen LogP contribution is -2.30. The Morgan fingerprint density at radius 2 is 1.95 bits per heavy atom. The zero-order chi connectivity index (χ0) is 13.9. The van der Waals surface area contributed by atoms with Crippen LogP contribution in [0.2, 0.25) is 0 Å². The lowest BCUT2D eigenvalue weighted by molar-refractivity contribution is -0.138. The number of hydrogen-bond acceptors (Lipinski definition) is 1. The van der Waals surface area contributed by atoms with E-state index >= 15 is 0 Å². The lowest BCUT2D eigenvalue weighted by atomic mass is 10.1. The van der Waals surface area contributed by atoms with E-state index in [0.717, 1.165) is 6.07 Å². The largest absolute Gasteiger partial charge is 0.416 e. The topological polar surface area (TPSA) is 41.6 Å². The molecule has 0 aliphatic carbocycles. The lowest BCUT2D eigenvalue weighted by Gasteiger charge is -2.14. The third-order valence-corrected chi connectivity index (χ3v) is 2.74. The molecular weight excluding hydrogens is 438 g/mol. The van der Waals surface area contributed by atoms with E-state index < -0.39 is 11.7 Å². The highest BCUT2D eigenvalue weighted by atomic mass is 127. The Morgan fingerprint density at radius 1 is 1.37 bits per heavy atom. The number of aliphatic imine (C=N–C) groups is 1. The fraction of sp³-hybridized carbons (Fsp3) is 0.364. The first-order valence-electron chi connectivity index (χ1n) is 5.04. The summed E-state index contributed by atoms with van der Waals surface area (Å²) in [5, 5.41) is 0. The van der Waals surface area contributed by atoms with Crippen LogP contribution in [0.25, 0.3) is 0 Å². The van der Waals surface area contributed by atoms with Gasteiger partial charge in [0.05, 0.1) is 12.1 Å². The van der Waals surface area contributed by atoms with E-state index in [4.69, 9.17) is 5.73 Å². The Bertz CT molecular complexity index is 461. The van der Waals surface area contributed by atoms with Crippen LogP contribution in [0.1, 0.15) is 11.1 Å². The molecule has 0 spiro atoms. The Labute approximate surface area is 135 Å². The molecule has 0 radical (unpaired) electrons. The first-order chi connectivity index (χ1) is 8.21. The van der Waals surface area contributed by atoms with Crippen LogP contribution >= 0.6 is 39.9 Å². The highest BCUT2D eigenvalue weighted by Gasteiger charge is 2.33. The molecule has 0 saturated heterocycles. The first kappa shape index (κ1) is 18.5. The van der Waals surface area contributed by atoms with Crippen molar-refractivity contribution >= 4 is 45.9 Å². The highest BCUT2D eigenvalue weighted by Crippen LogP contribution is 2.34. The second-order valence-corrected chi connectivity index (χ2v) is 4.78. The monoisotopic (exact) mass is 451 g/mol. The highest BCUT2D eigenvalue weighted by molar-refractivity contribution is 14.0. The Hall–Kier alpha value is -0.510. The Morgan fingerprint density at radius 3 is 2.42 bits per heavy atom. The molecule has 1 aromatic carbocycles. The minimum Gasteiger partial charge on any atom is -0.370 e. The van der Waals surface area contributed by atoms with Gasteiger partial charge in [-0.3, -0.25) is 0 Å². The van der Waals surface area contributed by atoms with E-state index in [2.05, 4.69) is 20.9 Å².